The van der Waals surface area contributed by atoms with Crippen molar-refractivity contribution in [3.05, 3.63) is 53.4 Å². The fraction of sp³-hybridized carbons (Fsp3) is 0.143. The summed E-state index contributed by atoms with van der Waals surface area (Å²) in [5.74, 6) is 0.818. The van der Waals surface area contributed by atoms with Gasteiger partial charge in [-0.2, -0.15) is 5.10 Å². The van der Waals surface area contributed by atoms with Gasteiger partial charge in [0.2, 0.25) is 12.4 Å². The number of ether oxygens (including phenoxy) is 1. The van der Waals surface area contributed by atoms with Gasteiger partial charge >= 0.3 is 0 Å². The summed E-state index contributed by atoms with van der Waals surface area (Å²) in [4.78, 5) is 0. The third-order valence-electron chi connectivity index (χ3n) is 3.10. The maximum absolute atomic E-state index is 9.45. The zero-order valence-electron chi connectivity index (χ0n) is 10.8. The van der Waals surface area contributed by atoms with Gasteiger partial charge in [0.1, 0.15) is 10.8 Å². The quantitative estimate of drug-likeness (QED) is 0.595. The average Bonchev–Trinajstić information content (AvgIpc) is 2.82. The van der Waals surface area contributed by atoms with Crippen molar-refractivity contribution in [2.45, 2.75) is 6.54 Å². The van der Waals surface area contributed by atoms with E-state index in [0.717, 1.165) is 26.9 Å². The molecule has 102 valence electrons. The number of fused-ring (bicyclic) bond motifs is 1. The first kappa shape index (κ1) is 12.7. The zero-order valence-corrected chi connectivity index (χ0v) is 11.6. The Morgan fingerprint density at radius 2 is 2.05 bits per heavy atom. The van der Waals surface area contributed by atoms with Gasteiger partial charge in [0.05, 0.1) is 30.8 Å². The number of benzene rings is 1. The molecule has 5 nitrogen and oxygen atoms in total. The Morgan fingerprint density at radius 3 is 2.75 bits per heavy atom. The van der Waals surface area contributed by atoms with Crippen LogP contribution in [0.3, 0.4) is 0 Å². The molecule has 0 spiro atoms. The van der Waals surface area contributed by atoms with Crippen molar-refractivity contribution in [3.63, 3.8) is 0 Å². The number of nitrogens with zero attached hydrogens (tertiary/aromatic N) is 3. The molecule has 1 N–H and O–H groups in total. The molecule has 0 atom stereocenters. The first-order chi connectivity index (χ1) is 9.67. The van der Waals surface area contributed by atoms with Crippen molar-refractivity contribution in [3.8, 4) is 5.75 Å². The van der Waals surface area contributed by atoms with E-state index >= 15 is 0 Å². The molecule has 3 aromatic rings. The summed E-state index contributed by atoms with van der Waals surface area (Å²) in [6.07, 6.45) is 4.69. The molecule has 0 aliphatic rings. The van der Waals surface area contributed by atoms with Crippen LogP contribution in [0.15, 0.2) is 42.9 Å². The maximum Gasteiger partial charge on any atom is 0.243 e. The minimum absolute atomic E-state index is 0.455. The standard InChI is InChI=1S/C14H13ClN3O2/c1-20-12-4-2-10(3-5-12)7-18-14-11(6-16-18)8-17(19)9-13(14)15/h2-6,8-9,19H,7H2,1H3/q+1. The fourth-order valence-electron chi connectivity index (χ4n) is 2.14. The average molecular weight is 291 g/mol. The van der Waals surface area contributed by atoms with Gasteiger partial charge in [-0.05, 0) is 17.7 Å². The topological polar surface area (TPSA) is 51.2 Å². The molecular weight excluding hydrogens is 278 g/mol. The largest absolute Gasteiger partial charge is 0.497 e. The van der Waals surface area contributed by atoms with E-state index in [1.165, 1.54) is 6.20 Å². The van der Waals surface area contributed by atoms with Gasteiger partial charge < -0.3 is 4.74 Å². The van der Waals surface area contributed by atoms with Crippen molar-refractivity contribution < 1.29 is 14.7 Å². The monoisotopic (exact) mass is 290 g/mol. The number of halogens is 1. The molecule has 0 aliphatic heterocycles. The van der Waals surface area contributed by atoms with Crippen LogP contribution in [0.4, 0.5) is 0 Å². The number of pyridine rings is 1. The van der Waals surface area contributed by atoms with E-state index in [2.05, 4.69) is 5.10 Å². The van der Waals surface area contributed by atoms with Crippen molar-refractivity contribution in [1.82, 2.24) is 9.78 Å². The number of aromatic nitrogens is 3. The van der Waals surface area contributed by atoms with Gasteiger partial charge in [-0.3, -0.25) is 9.89 Å². The smallest absolute Gasteiger partial charge is 0.243 e. The van der Waals surface area contributed by atoms with E-state index in [4.69, 9.17) is 16.3 Å². The summed E-state index contributed by atoms with van der Waals surface area (Å²) < 4.78 is 7.87. The van der Waals surface area contributed by atoms with Crippen LogP contribution < -0.4 is 9.47 Å². The van der Waals surface area contributed by atoms with Gasteiger partial charge in [0.25, 0.3) is 0 Å². The van der Waals surface area contributed by atoms with E-state index in [9.17, 15) is 5.21 Å². The summed E-state index contributed by atoms with van der Waals surface area (Å²) in [6, 6.07) is 7.78. The molecule has 0 bridgehead atoms. The first-order valence-electron chi connectivity index (χ1n) is 6.06. The Hall–Kier alpha value is -2.27. The van der Waals surface area contributed by atoms with Crippen molar-refractivity contribution in [1.29, 1.82) is 0 Å². The predicted octanol–water partition coefficient (Wildman–Crippen LogP) is 2.27. The van der Waals surface area contributed by atoms with Crippen molar-refractivity contribution in [2.75, 3.05) is 7.11 Å². The molecule has 3 rings (SSSR count). The minimum Gasteiger partial charge on any atom is -0.497 e. The Balaban J connectivity index is 1.98. The molecule has 0 fully saturated rings. The van der Waals surface area contributed by atoms with Crippen LogP contribution in [0.25, 0.3) is 10.9 Å². The molecule has 2 heterocycles. The number of hydrogen-bond acceptors (Lipinski definition) is 3. The summed E-state index contributed by atoms with van der Waals surface area (Å²) >= 11 is 6.16. The van der Waals surface area contributed by atoms with Gasteiger partial charge in [0, 0.05) is 4.73 Å². The highest BCUT2D eigenvalue weighted by Gasteiger charge is 2.13. The highest BCUT2D eigenvalue weighted by atomic mass is 35.5. The third-order valence-corrected chi connectivity index (χ3v) is 3.38. The van der Waals surface area contributed by atoms with Gasteiger partial charge in [0.15, 0.2) is 0 Å². The lowest BCUT2D eigenvalue weighted by atomic mass is 10.2. The molecule has 0 unspecified atom stereocenters. The van der Waals surface area contributed by atoms with Crippen LogP contribution in [0.5, 0.6) is 5.75 Å². The summed E-state index contributed by atoms with van der Waals surface area (Å²) in [7, 11) is 1.64. The Kier molecular flexibility index (Phi) is 3.20. The van der Waals surface area contributed by atoms with E-state index in [1.54, 1.807) is 24.2 Å². The minimum atomic E-state index is 0.455. The van der Waals surface area contributed by atoms with Crippen LogP contribution >= 0.6 is 11.6 Å². The Bertz CT molecular complexity index is 753. The molecule has 1 aromatic carbocycles. The molecule has 0 amide bonds. The van der Waals surface area contributed by atoms with Crippen molar-refractivity contribution in [2.24, 2.45) is 0 Å². The van der Waals surface area contributed by atoms with Crippen LogP contribution in [-0.2, 0) is 6.54 Å². The fourth-order valence-corrected chi connectivity index (χ4v) is 2.44. The molecule has 0 saturated carbocycles. The maximum atomic E-state index is 9.45. The molecular formula is C14H13ClN3O2+. The second kappa shape index (κ2) is 5.02. The van der Waals surface area contributed by atoms with E-state index in [1.807, 2.05) is 24.3 Å². The van der Waals surface area contributed by atoms with E-state index in [0.29, 0.717) is 11.6 Å². The van der Waals surface area contributed by atoms with E-state index in [-0.39, 0.29) is 0 Å². The molecule has 0 aliphatic carbocycles. The second-order valence-corrected chi connectivity index (χ2v) is 4.85. The second-order valence-electron chi connectivity index (χ2n) is 4.44. The normalized spacial score (nSPS) is 10.9. The van der Waals surface area contributed by atoms with Crippen molar-refractivity contribution >= 4 is 22.5 Å². The SMILES string of the molecule is COc1ccc(Cn2ncc3c[n+](O)cc(Cl)c32)cc1. The third kappa shape index (κ3) is 2.28. The summed E-state index contributed by atoms with van der Waals surface area (Å²) in [6.45, 7) is 0.600. The number of methoxy groups -OCH3 is 1. The van der Waals surface area contributed by atoms with Crippen LogP contribution in [-0.4, -0.2) is 22.1 Å². The highest BCUT2D eigenvalue weighted by Crippen LogP contribution is 2.22. The van der Waals surface area contributed by atoms with Crippen LogP contribution in [0.2, 0.25) is 5.02 Å². The lowest BCUT2D eigenvalue weighted by Crippen LogP contribution is -2.28. The van der Waals surface area contributed by atoms with Gasteiger partial charge in [-0.15, -0.1) is 0 Å². The van der Waals surface area contributed by atoms with Crippen LogP contribution in [0, 0.1) is 0 Å². The van der Waals surface area contributed by atoms with Crippen LogP contribution in [0.1, 0.15) is 5.56 Å². The predicted molar refractivity (Wildman–Crippen MR) is 74.2 cm³/mol. The zero-order chi connectivity index (χ0) is 14.1. The molecule has 20 heavy (non-hydrogen) atoms. The lowest BCUT2D eigenvalue weighted by Gasteiger charge is -2.05. The van der Waals surface area contributed by atoms with Gasteiger partial charge in [-0.1, -0.05) is 23.7 Å². The lowest BCUT2D eigenvalue weighted by molar-refractivity contribution is -0.903. The van der Waals surface area contributed by atoms with Gasteiger partial charge in [-0.25, -0.2) is 0 Å². The molecule has 2 aromatic heterocycles. The Labute approximate surface area is 120 Å². The number of rotatable bonds is 3. The number of hydrogen-bond donors (Lipinski definition) is 1. The summed E-state index contributed by atoms with van der Waals surface area (Å²) in [5, 5.41) is 15.0. The molecule has 0 saturated heterocycles. The highest BCUT2D eigenvalue weighted by molar-refractivity contribution is 6.34. The Morgan fingerprint density at radius 1 is 1.30 bits per heavy atom. The first-order valence-corrected chi connectivity index (χ1v) is 6.43. The molecule has 6 heteroatoms. The molecule has 0 radical (unpaired) electrons. The van der Waals surface area contributed by atoms with E-state index < -0.39 is 0 Å². The summed E-state index contributed by atoms with van der Waals surface area (Å²) in [5.41, 5.74) is 1.89.